The van der Waals surface area contributed by atoms with Crippen molar-refractivity contribution < 1.29 is 27.5 Å². The molecule has 0 saturated heterocycles. The summed E-state index contributed by atoms with van der Waals surface area (Å²) in [7, 11) is -0.428. The average Bonchev–Trinajstić information content (AvgIpc) is 3.00. The predicted molar refractivity (Wildman–Crippen MR) is 164 cm³/mol. The summed E-state index contributed by atoms with van der Waals surface area (Å²) in [6.07, 6.45) is 1.72. The normalized spacial score (nSPS) is 10.9. The van der Waals surface area contributed by atoms with E-state index in [1.54, 1.807) is 62.8 Å². The topological polar surface area (TPSA) is 114 Å². The van der Waals surface area contributed by atoms with Crippen molar-refractivity contribution in [3.8, 4) is 11.5 Å². The molecular formula is C32H33N3O6S. The Morgan fingerprint density at radius 3 is 2.10 bits per heavy atom. The predicted octanol–water partition coefficient (Wildman–Crippen LogP) is 4.89. The van der Waals surface area contributed by atoms with Gasteiger partial charge in [0.25, 0.3) is 11.8 Å². The lowest BCUT2D eigenvalue weighted by atomic mass is 10.1. The third kappa shape index (κ3) is 7.67. The van der Waals surface area contributed by atoms with Crippen LogP contribution in [0.25, 0.3) is 0 Å². The largest absolute Gasteiger partial charge is 0.493 e. The van der Waals surface area contributed by atoms with E-state index in [2.05, 4.69) is 10.6 Å². The first-order chi connectivity index (χ1) is 20.2. The number of methoxy groups -OCH3 is 2. The standard InChI is InChI=1S/C32H33N3O6S/c1-40-29-18-13-23(21-30(29)41-2)19-20-33-32(37)27-11-7-8-12-28(27)34-31(36)25-14-16-26(17-15-25)35(42(3,38)39)22-24-9-5-4-6-10-24/h4-18,21H,19-20,22H2,1-3H3,(H,33,37)(H,34,36). The van der Waals surface area contributed by atoms with Crippen LogP contribution in [0.5, 0.6) is 11.5 Å². The van der Waals surface area contributed by atoms with Crippen molar-refractivity contribution in [3.05, 3.63) is 119 Å². The summed E-state index contributed by atoms with van der Waals surface area (Å²) >= 11 is 0. The van der Waals surface area contributed by atoms with Crippen LogP contribution in [0, 0.1) is 0 Å². The summed E-state index contributed by atoms with van der Waals surface area (Å²) in [5.41, 5.74) is 3.24. The summed E-state index contributed by atoms with van der Waals surface area (Å²) in [5.74, 6) is 0.486. The van der Waals surface area contributed by atoms with E-state index < -0.39 is 15.9 Å². The first-order valence-electron chi connectivity index (χ1n) is 13.2. The van der Waals surface area contributed by atoms with E-state index >= 15 is 0 Å². The van der Waals surface area contributed by atoms with Crippen LogP contribution in [0.3, 0.4) is 0 Å². The summed E-state index contributed by atoms with van der Waals surface area (Å²) < 4.78 is 36.9. The van der Waals surface area contributed by atoms with Crippen molar-refractivity contribution in [2.75, 3.05) is 36.6 Å². The minimum Gasteiger partial charge on any atom is -0.493 e. The number of sulfonamides is 1. The fourth-order valence-corrected chi connectivity index (χ4v) is 5.25. The number of rotatable bonds is 12. The van der Waals surface area contributed by atoms with Crippen molar-refractivity contribution in [2.24, 2.45) is 0 Å². The highest BCUT2D eigenvalue weighted by atomic mass is 32.2. The molecule has 0 aliphatic rings. The van der Waals surface area contributed by atoms with E-state index in [1.165, 1.54) is 4.31 Å². The molecule has 0 unspecified atom stereocenters. The number of carbonyl (C=O) groups excluding carboxylic acids is 2. The monoisotopic (exact) mass is 587 g/mol. The maximum absolute atomic E-state index is 13.1. The Hall–Kier alpha value is -4.83. The van der Waals surface area contributed by atoms with Gasteiger partial charge in [0.15, 0.2) is 11.5 Å². The molecule has 10 heteroatoms. The lowest BCUT2D eigenvalue weighted by molar-refractivity contribution is 0.0955. The molecule has 4 rings (SSSR count). The lowest BCUT2D eigenvalue weighted by Gasteiger charge is -2.22. The van der Waals surface area contributed by atoms with Gasteiger partial charge in [0.1, 0.15) is 0 Å². The molecule has 42 heavy (non-hydrogen) atoms. The molecule has 0 atom stereocenters. The molecule has 4 aromatic rings. The third-order valence-electron chi connectivity index (χ3n) is 6.55. The van der Waals surface area contributed by atoms with Crippen LogP contribution >= 0.6 is 0 Å². The second kappa shape index (κ2) is 13.7. The minimum absolute atomic E-state index is 0.166. The molecule has 0 fully saturated rings. The Morgan fingerprint density at radius 1 is 0.762 bits per heavy atom. The zero-order valence-electron chi connectivity index (χ0n) is 23.7. The van der Waals surface area contributed by atoms with E-state index in [0.717, 1.165) is 17.4 Å². The van der Waals surface area contributed by atoms with Crippen molar-refractivity contribution in [1.29, 1.82) is 0 Å². The van der Waals surface area contributed by atoms with Gasteiger partial charge in [-0.2, -0.15) is 0 Å². The molecule has 0 aliphatic carbocycles. The van der Waals surface area contributed by atoms with E-state index in [-0.39, 0.29) is 12.5 Å². The number of hydrogen-bond acceptors (Lipinski definition) is 6. The van der Waals surface area contributed by atoms with Gasteiger partial charge in [0, 0.05) is 12.1 Å². The van der Waals surface area contributed by atoms with Crippen LogP contribution < -0.4 is 24.4 Å². The van der Waals surface area contributed by atoms with Crippen molar-refractivity contribution >= 4 is 33.2 Å². The molecule has 0 spiro atoms. The van der Waals surface area contributed by atoms with E-state index in [4.69, 9.17) is 9.47 Å². The van der Waals surface area contributed by atoms with Crippen LogP contribution in [0.4, 0.5) is 11.4 Å². The van der Waals surface area contributed by atoms with E-state index in [0.29, 0.717) is 47.0 Å². The minimum atomic E-state index is -3.57. The SMILES string of the molecule is COc1ccc(CCNC(=O)c2ccccc2NC(=O)c2ccc(N(Cc3ccccc3)S(C)(=O)=O)cc2)cc1OC. The number of para-hydroxylation sites is 1. The van der Waals surface area contributed by atoms with Crippen LogP contribution in [0.1, 0.15) is 31.8 Å². The maximum Gasteiger partial charge on any atom is 0.255 e. The highest BCUT2D eigenvalue weighted by Crippen LogP contribution is 2.28. The quantitative estimate of drug-likeness (QED) is 0.244. The zero-order valence-corrected chi connectivity index (χ0v) is 24.5. The molecular weight excluding hydrogens is 554 g/mol. The summed E-state index contributed by atoms with van der Waals surface area (Å²) in [4.78, 5) is 26.1. The average molecular weight is 588 g/mol. The van der Waals surface area contributed by atoms with Crippen molar-refractivity contribution in [1.82, 2.24) is 5.32 Å². The molecule has 2 N–H and O–H groups in total. The lowest BCUT2D eigenvalue weighted by Crippen LogP contribution is -2.29. The second-order valence-corrected chi connectivity index (χ2v) is 11.4. The van der Waals surface area contributed by atoms with Gasteiger partial charge in [-0.05, 0) is 66.1 Å². The summed E-state index contributed by atoms with van der Waals surface area (Å²) in [5, 5.41) is 5.70. The van der Waals surface area contributed by atoms with Gasteiger partial charge < -0.3 is 20.1 Å². The van der Waals surface area contributed by atoms with Crippen LogP contribution in [-0.2, 0) is 23.0 Å². The number of amides is 2. The Kier molecular flexibility index (Phi) is 9.82. The Morgan fingerprint density at radius 2 is 1.43 bits per heavy atom. The number of nitrogens with one attached hydrogen (secondary N) is 2. The number of anilines is 2. The smallest absolute Gasteiger partial charge is 0.255 e. The molecule has 9 nitrogen and oxygen atoms in total. The van der Waals surface area contributed by atoms with Gasteiger partial charge in [-0.1, -0.05) is 48.5 Å². The van der Waals surface area contributed by atoms with Crippen molar-refractivity contribution in [2.45, 2.75) is 13.0 Å². The van der Waals surface area contributed by atoms with Gasteiger partial charge in [-0.25, -0.2) is 8.42 Å². The fraction of sp³-hybridized carbons (Fsp3) is 0.188. The molecule has 0 radical (unpaired) electrons. The number of hydrogen-bond donors (Lipinski definition) is 2. The Bertz CT molecular complexity index is 1640. The fourth-order valence-electron chi connectivity index (χ4n) is 4.36. The second-order valence-electron chi connectivity index (χ2n) is 9.50. The Balaban J connectivity index is 1.41. The number of ether oxygens (including phenoxy) is 2. The van der Waals surface area contributed by atoms with Gasteiger partial charge >= 0.3 is 0 Å². The number of benzene rings is 4. The molecule has 0 aliphatic heterocycles. The van der Waals surface area contributed by atoms with Crippen molar-refractivity contribution in [3.63, 3.8) is 0 Å². The first-order valence-corrected chi connectivity index (χ1v) is 15.1. The third-order valence-corrected chi connectivity index (χ3v) is 7.69. The Labute approximate surface area is 246 Å². The highest BCUT2D eigenvalue weighted by molar-refractivity contribution is 7.92. The summed E-state index contributed by atoms with van der Waals surface area (Å²) in [6.45, 7) is 0.539. The molecule has 0 bridgehead atoms. The maximum atomic E-state index is 13.1. The molecule has 4 aromatic carbocycles. The summed E-state index contributed by atoms with van der Waals surface area (Å²) in [6, 6.07) is 27.9. The first kappa shape index (κ1) is 30.1. The van der Waals surface area contributed by atoms with E-state index in [1.807, 2.05) is 48.5 Å². The molecule has 0 saturated carbocycles. The van der Waals surface area contributed by atoms with E-state index in [9.17, 15) is 18.0 Å². The van der Waals surface area contributed by atoms with Crippen LogP contribution in [0.2, 0.25) is 0 Å². The zero-order chi connectivity index (χ0) is 30.1. The molecule has 2 amide bonds. The molecule has 0 heterocycles. The van der Waals surface area contributed by atoms with Crippen LogP contribution in [0.15, 0.2) is 97.1 Å². The van der Waals surface area contributed by atoms with Gasteiger partial charge in [-0.15, -0.1) is 0 Å². The van der Waals surface area contributed by atoms with Gasteiger partial charge in [-0.3, -0.25) is 13.9 Å². The number of carbonyl (C=O) groups is 2. The highest BCUT2D eigenvalue weighted by Gasteiger charge is 2.19. The molecule has 218 valence electrons. The van der Waals surface area contributed by atoms with Crippen LogP contribution in [-0.4, -0.2) is 47.3 Å². The van der Waals surface area contributed by atoms with Gasteiger partial charge in [0.05, 0.1) is 44.0 Å². The van der Waals surface area contributed by atoms with Gasteiger partial charge in [0.2, 0.25) is 10.0 Å². The molecule has 0 aromatic heterocycles. The number of nitrogens with zero attached hydrogens (tertiary/aromatic N) is 1.